The molecule has 0 aliphatic rings. The van der Waals surface area contributed by atoms with E-state index in [2.05, 4.69) is 0 Å². The van der Waals surface area contributed by atoms with Crippen molar-refractivity contribution in [3.05, 3.63) is 47.5 Å². The van der Waals surface area contributed by atoms with Crippen LogP contribution in [0.4, 0.5) is 0 Å². The first-order valence-electron chi connectivity index (χ1n) is 5.67. The average molecular weight is 260 g/mol. The van der Waals surface area contributed by atoms with E-state index in [1.54, 1.807) is 30.3 Å². The van der Waals surface area contributed by atoms with Crippen LogP contribution in [0.1, 0.15) is 20.7 Å². The molecule has 0 radical (unpaired) electrons. The zero-order valence-corrected chi connectivity index (χ0v) is 10.00. The second kappa shape index (κ2) is 5.49. The monoisotopic (exact) mass is 260 g/mol. The van der Waals surface area contributed by atoms with Crippen molar-refractivity contribution < 1.29 is 24.5 Å². The molecule has 0 aromatic heterocycles. The number of carbonyl (C=O) groups excluding carboxylic acids is 1. The van der Waals surface area contributed by atoms with Gasteiger partial charge in [0, 0.05) is 0 Å². The van der Waals surface area contributed by atoms with Crippen LogP contribution >= 0.6 is 0 Å². The van der Waals surface area contributed by atoms with Gasteiger partial charge < -0.3 is 14.9 Å². The van der Waals surface area contributed by atoms with Crippen LogP contribution in [0.2, 0.25) is 0 Å². The summed E-state index contributed by atoms with van der Waals surface area (Å²) < 4.78 is 4.81. The number of aliphatic hydroxyl groups excluding tert-OH is 1. The van der Waals surface area contributed by atoms with Gasteiger partial charge in [0.25, 0.3) is 0 Å². The Labute approximate surface area is 109 Å². The molecule has 0 fully saturated rings. The summed E-state index contributed by atoms with van der Waals surface area (Å²) >= 11 is 0. The molecular weight excluding hydrogens is 248 g/mol. The van der Waals surface area contributed by atoms with Crippen molar-refractivity contribution in [1.29, 1.82) is 0 Å². The van der Waals surface area contributed by atoms with Crippen molar-refractivity contribution >= 4 is 22.7 Å². The van der Waals surface area contributed by atoms with Crippen LogP contribution in [0, 0.1) is 0 Å². The molecule has 0 saturated carbocycles. The van der Waals surface area contributed by atoms with E-state index < -0.39 is 11.9 Å². The first kappa shape index (κ1) is 13.0. The fourth-order valence-corrected chi connectivity index (χ4v) is 1.73. The van der Waals surface area contributed by atoms with Crippen molar-refractivity contribution in [2.45, 2.75) is 0 Å². The van der Waals surface area contributed by atoms with E-state index in [4.69, 9.17) is 14.9 Å². The molecule has 0 bridgehead atoms. The SMILES string of the molecule is O=C(O)c1ccc2cc(C(=O)OCCO)ccc2c1. The number of ether oxygens (including phenoxy) is 1. The normalized spacial score (nSPS) is 10.4. The molecule has 98 valence electrons. The van der Waals surface area contributed by atoms with Crippen LogP contribution in [0.5, 0.6) is 0 Å². The standard InChI is InChI=1S/C14H12O5/c15-5-6-19-14(18)12-4-2-9-7-11(13(16)17)3-1-10(9)8-12/h1-4,7-8,15H,5-6H2,(H,16,17). The minimum absolute atomic E-state index is 0.0468. The lowest BCUT2D eigenvalue weighted by molar-refractivity contribution is 0.0433. The number of aliphatic hydroxyl groups is 1. The molecule has 5 heteroatoms. The Morgan fingerprint density at radius 1 is 1.00 bits per heavy atom. The largest absolute Gasteiger partial charge is 0.478 e. The van der Waals surface area contributed by atoms with E-state index in [1.807, 2.05) is 0 Å². The molecule has 0 amide bonds. The predicted octanol–water partition coefficient (Wildman–Crippen LogP) is 1.69. The number of carbonyl (C=O) groups is 2. The second-order valence-corrected chi connectivity index (χ2v) is 3.94. The molecule has 2 N–H and O–H groups in total. The van der Waals surface area contributed by atoms with Gasteiger partial charge in [-0.1, -0.05) is 12.1 Å². The van der Waals surface area contributed by atoms with Crippen LogP contribution < -0.4 is 0 Å². The lowest BCUT2D eigenvalue weighted by Gasteiger charge is -2.05. The lowest BCUT2D eigenvalue weighted by atomic mass is 10.0. The molecule has 2 rings (SSSR count). The highest BCUT2D eigenvalue weighted by atomic mass is 16.5. The molecule has 0 heterocycles. The molecule has 0 unspecified atom stereocenters. The summed E-state index contributed by atoms with van der Waals surface area (Å²) in [6.07, 6.45) is 0. The minimum Gasteiger partial charge on any atom is -0.478 e. The Balaban J connectivity index is 2.34. The van der Waals surface area contributed by atoms with Gasteiger partial charge in [0.1, 0.15) is 6.61 Å². The first-order chi connectivity index (χ1) is 9.11. The molecule has 0 aliphatic heterocycles. The summed E-state index contributed by atoms with van der Waals surface area (Å²) in [5, 5.41) is 19.0. The number of carboxylic acid groups (broad SMARTS) is 1. The van der Waals surface area contributed by atoms with Crippen LogP contribution in [-0.4, -0.2) is 35.4 Å². The Bertz CT molecular complexity index is 633. The van der Waals surface area contributed by atoms with Crippen LogP contribution in [0.15, 0.2) is 36.4 Å². The lowest BCUT2D eigenvalue weighted by Crippen LogP contribution is -2.08. The van der Waals surface area contributed by atoms with Crippen molar-refractivity contribution in [1.82, 2.24) is 0 Å². The summed E-state index contributed by atoms with van der Waals surface area (Å²) in [5.74, 6) is -1.51. The van der Waals surface area contributed by atoms with E-state index in [0.29, 0.717) is 5.56 Å². The molecule has 19 heavy (non-hydrogen) atoms. The fraction of sp³-hybridized carbons (Fsp3) is 0.143. The predicted molar refractivity (Wildman–Crippen MR) is 68.3 cm³/mol. The number of benzene rings is 2. The summed E-state index contributed by atoms with van der Waals surface area (Å²) in [6, 6.07) is 9.52. The van der Waals surface area contributed by atoms with Crippen LogP contribution in [0.25, 0.3) is 10.8 Å². The molecule has 0 aliphatic carbocycles. The zero-order chi connectivity index (χ0) is 13.8. The second-order valence-electron chi connectivity index (χ2n) is 3.94. The zero-order valence-electron chi connectivity index (χ0n) is 10.00. The molecule has 2 aromatic carbocycles. The number of hydrogen-bond acceptors (Lipinski definition) is 4. The minimum atomic E-state index is -0.992. The highest BCUT2D eigenvalue weighted by Crippen LogP contribution is 2.18. The maximum atomic E-state index is 11.6. The van der Waals surface area contributed by atoms with E-state index >= 15 is 0 Å². The fourth-order valence-electron chi connectivity index (χ4n) is 1.73. The van der Waals surface area contributed by atoms with Gasteiger partial charge >= 0.3 is 11.9 Å². The average Bonchev–Trinajstić information content (AvgIpc) is 2.43. The van der Waals surface area contributed by atoms with Gasteiger partial charge in [-0.15, -0.1) is 0 Å². The number of hydrogen-bond donors (Lipinski definition) is 2. The van der Waals surface area contributed by atoms with Crippen LogP contribution in [-0.2, 0) is 4.74 Å². The topological polar surface area (TPSA) is 83.8 Å². The summed E-state index contributed by atoms with van der Waals surface area (Å²) in [5.41, 5.74) is 0.562. The smallest absolute Gasteiger partial charge is 0.338 e. The molecule has 0 spiro atoms. The summed E-state index contributed by atoms with van der Waals surface area (Å²) in [4.78, 5) is 22.4. The number of rotatable bonds is 4. The van der Waals surface area contributed by atoms with E-state index in [-0.39, 0.29) is 18.8 Å². The quantitative estimate of drug-likeness (QED) is 0.817. The number of carboxylic acids is 1. The Hall–Kier alpha value is -2.40. The first-order valence-corrected chi connectivity index (χ1v) is 5.67. The molecule has 0 saturated heterocycles. The Kier molecular flexibility index (Phi) is 3.77. The van der Waals surface area contributed by atoms with Crippen molar-refractivity contribution in [3.8, 4) is 0 Å². The van der Waals surface area contributed by atoms with Gasteiger partial charge in [0.05, 0.1) is 17.7 Å². The van der Waals surface area contributed by atoms with E-state index in [0.717, 1.165) is 10.8 Å². The maximum absolute atomic E-state index is 11.6. The van der Waals surface area contributed by atoms with Crippen molar-refractivity contribution in [2.75, 3.05) is 13.2 Å². The number of aromatic carboxylic acids is 1. The van der Waals surface area contributed by atoms with Gasteiger partial charge in [-0.05, 0) is 35.0 Å². The van der Waals surface area contributed by atoms with Crippen molar-refractivity contribution in [3.63, 3.8) is 0 Å². The number of fused-ring (bicyclic) bond motifs is 1. The third-order valence-corrected chi connectivity index (χ3v) is 2.65. The Morgan fingerprint density at radius 3 is 2.16 bits per heavy atom. The number of esters is 1. The molecule has 5 nitrogen and oxygen atoms in total. The third kappa shape index (κ3) is 2.89. The highest BCUT2D eigenvalue weighted by Gasteiger charge is 2.09. The van der Waals surface area contributed by atoms with E-state index in [9.17, 15) is 9.59 Å². The van der Waals surface area contributed by atoms with Crippen molar-refractivity contribution in [2.24, 2.45) is 0 Å². The van der Waals surface area contributed by atoms with Gasteiger partial charge in [0.2, 0.25) is 0 Å². The molecule has 2 aromatic rings. The maximum Gasteiger partial charge on any atom is 0.338 e. The molecular formula is C14H12O5. The molecule has 0 atom stereocenters. The van der Waals surface area contributed by atoms with Gasteiger partial charge in [-0.3, -0.25) is 0 Å². The van der Waals surface area contributed by atoms with E-state index in [1.165, 1.54) is 6.07 Å². The van der Waals surface area contributed by atoms with Crippen LogP contribution in [0.3, 0.4) is 0 Å². The highest BCUT2D eigenvalue weighted by molar-refractivity contribution is 5.98. The summed E-state index contributed by atoms with van der Waals surface area (Å²) in [6.45, 7) is -0.268. The Morgan fingerprint density at radius 2 is 1.58 bits per heavy atom. The summed E-state index contributed by atoms with van der Waals surface area (Å²) in [7, 11) is 0. The van der Waals surface area contributed by atoms with Gasteiger partial charge in [-0.2, -0.15) is 0 Å². The van der Waals surface area contributed by atoms with Gasteiger partial charge in [0.15, 0.2) is 0 Å². The van der Waals surface area contributed by atoms with Gasteiger partial charge in [-0.25, -0.2) is 9.59 Å². The third-order valence-electron chi connectivity index (χ3n) is 2.65.